The van der Waals surface area contributed by atoms with Crippen LogP contribution in [-0.4, -0.2) is 76.9 Å². The molecule has 8 rings (SSSR count). The van der Waals surface area contributed by atoms with Crippen LogP contribution in [0.1, 0.15) is 113 Å². The van der Waals surface area contributed by atoms with Gasteiger partial charge < -0.3 is 29.5 Å². The Morgan fingerprint density at radius 1 is 0.603 bits per heavy atom. The monoisotopic (exact) mass is 958 g/mol. The maximum Gasteiger partial charge on any atom is 0.411 e. The number of nitrogens with zero attached hydrogens (tertiary/aromatic N) is 6. The number of aromatic nitrogens is 4. The van der Waals surface area contributed by atoms with Gasteiger partial charge in [-0.3, -0.25) is 0 Å². The summed E-state index contributed by atoms with van der Waals surface area (Å²) in [6, 6.07) is 38.6. The summed E-state index contributed by atoms with van der Waals surface area (Å²) in [5.74, 6) is 0. The highest BCUT2D eigenvalue weighted by Gasteiger charge is 2.47. The molecular weight excluding hydrogens is 900 g/mol. The van der Waals surface area contributed by atoms with Gasteiger partial charge in [0.05, 0.1) is 45.4 Å². The van der Waals surface area contributed by atoms with Crippen LogP contribution in [0, 0.1) is 13.8 Å². The molecule has 2 aliphatic rings. The minimum absolute atomic E-state index is 0.169. The van der Waals surface area contributed by atoms with E-state index in [9.17, 15) is 19.8 Å². The van der Waals surface area contributed by atoms with Crippen LogP contribution >= 0.6 is 23.2 Å². The summed E-state index contributed by atoms with van der Waals surface area (Å²) >= 11 is 12.2. The molecule has 6 aromatic rings. The van der Waals surface area contributed by atoms with Crippen LogP contribution in [0.4, 0.5) is 9.59 Å². The van der Waals surface area contributed by atoms with E-state index < -0.39 is 22.4 Å². The van der Waals surface area contributed by atoms with E-state index in [0.29, 0.717) is 60.3 Å². The zero-order valence-electron chi connectivity index (χ0n) is 39.9. The number of carbonyl (C=O) groups is 2. The first-order chi connectivity index (χ1) is 32.2. The summed E-state index contributed by atoms with van der Waals surface area (Å²) in [7, 11) is 0. The van der Waals surface area contributed by atoms with Crippen molar-refractivity contribution in [3.63, 3.8) is 0 Å². The quantitative estimate of drug-likeness (QED) is 0.121. The molecule has 0 saturated carbocycles. The van der Waals surface area contributed by atoms with Crippen molar-refractivity contribution in [2.24, 2.45) is 0 Å². The Balaban J connectivity index is 0.000000201. The van der Waals surface area contributed by atoms with Gasteiger partial charge in [0.2, 0.25) is 0 Å². The Hall–Kier alpha value is -5.92. The van der Waals surface area contributed by atoms with E-state index in [0.717, 1.165) is 44.6 Å². The summed E-state index contributed by atoms with van der Waals surface area (Å²) in [5, 5.41) is 38.3. The first kappa shape index (κ1) is 50.0. The van der Waals surface area contributed by atoms with Crippen LogP contribution in [0.15, 0.2) is 121 Å². The van der Waals surface area contributed by atoms with Gasteiger partial charge in [-0.05, 0) is 95.3 Å². The van der Waals surface area contributed by atoms with Crippen molar-refractivity contribution in [3.05, 3.63) is 165 Å². The lowest BCUT2D eigenvalue weighted by molar-refractivity contribution is -0.102. The van der Waals surface area contributed by atoms with Gasteiger partial charge in [-0.1, -0.05) is 132 Å². The molecule has 2 N–H and O–H groups in total. The zero-order chi connectivity index (χ0) is 49.0. The molecule has 2 amide bonds. The van der Waals surface area contributed by atoms with Crippen LogP contribution < -0.4 is 0 Å². The number of carbonyl (C=O) groups excluding carboxylic acids is 2. The summed E-state index contributed by atoms with van der Waals surface area (Å²) in [6.07, 6.45) is 1.08. The molecule has 0 radical (unpaired) electrons. The number of ether oxygens (including phenoxy) is 2. The Labute approximate surface area is 409 Å². The van der Waals surface area contributed by atoms with Gasteiger partial charge in [-0.2, -0.15) is 15.3 Å². The van der Waals surface area contributed by atoms with Gasteiger partial charge in [0.1, 0.15) is 11.2 Å². The summed E-state index contributed by atoms with van der Waals surface area (Å²) in [4.78, 5) is 30.0. The van der Waals surface area contributed by atoms with Crippen molar-refractivity contribution in [1.29, 1.82) is 0 Å². The highest BCUT2D eigenvalue weighted by molar-refractivity contribution is 6.31. The first-order valence-electron chi connectivity index (χ1n) is 22.9. The van der Waals surface area contributed by atoms with Gasteiger partial charge >= 0.3 is 12.2 Å². The molecule has 2 saturated heterocycles. The van der Waals surface area contributed by atoms with Crippen LogP contribution in [0.2, 0.25) is 10.2 Å². The molecule has 12 nitrogen and oxygen atoms in total. The normalized spacial score (nSPS) is 19.6. The third-order valence-corrected chi connectivity index (χ3v) is 13.3. The second-order valence-corrected chi connectivity index (χ2v) is 20.0. The molecule has 4 heterocycles. The van der Waals surface area contributed by atoms with Crippen molar-refractivity contribution in [2.45, 2.75) is 116 Å². The molecule has 0 aliphatic carbocycles. The fourth-order valence-corrected chi connectivity index (χ4v) is 9.60. The van der Waals surface area contributed by atoms with Crippen LogP contribution in [0.25, 0.3) is 22.4 Å². The molecule has 0 bridgehead atoms. The number of rotatable bonds is 12. The Bertz CT molecular complexity index is 2700. The number of aryl methyl sites for hydroxylation is 2. The third kappa shape index (κ3) is 11.7. The van der Waals surface area contributed by atoms with E-state index in [1.807, 2.05) is 137 Å². The molecule has 0 unspecified atom stereocenters. The molecular formula is C54H60Cl2N6O6. The number of amides is 2. The van der Waals surface area contributed by atoms with E-state index in [4.69, 9.17) is 32.7 Å². The first-order valence-corrected chi connectivity index (χ1v) is 23.7. The summed E-state index contributed by atoms with van der Waals surface area (Å²) in [6.45, 7) is 15.7. The Kier molecular flexibility index (Phi) is 15.0. The predicted octanol–water partition coefficient (Wildman–Crippen LogP) is 12.1. The average molecular weight is 960 g/mol. The lowest BCUT2D eigenvalue weighted by atomic mass is 9.80. The fourth-order valence-electron chi connectivity index (χ4n) is 9.31. The predicted molar refractivity (Wildman–Crippen MR) is 265 cm³/mol. The molecule has 68 heavy (non-hydrogen) atoms. The van der Waals surface area contributed by atoms with Gasteiger partial charge in [0.15, 0.2) is 5.15 Å². The smallest absolute Gasteiger partial charge is 0.411 e. The largest absolute Gasteiger partial charge is 0.438 e. The highest BCUT2D eigenvalue weighted by atomic mass is 35.5. The van der Waals surface area contributed by atoms with Gasteiger partial charge in [0, 0.05) is 49.9 Å². The van der Waals surface area contributed by atoms with E-state index in [2.05, 4.69) is 20.4 Å². The van der Waals surface area contributed by atoms with Crippen LogP contribution in [0.5, 0.6) is 0 Å². The Morgan fingerprint density at radius 2 is 1.03 bits per heavy atom. The standard InChI is InChI=1S/2C27H30ClN3O3/c1-18-23(28)16-24(30-29-18)21-12-10-20(11-13-21)19(2)31-15-14-27(34-25(31)32,17-26(3,4)33)22-8-6-5-7-9-22;1-18-23(16-24(28)30-29-18)21-12-10-20(11-13-21)19(2)31-15-14-27(34-25(31)32,17-26(3,4)33)22-8-6-5-7-9-22/h2*5-13,16,19,33H,14-15,17H2,1-4H3/t2*19-,27-/m00/s1. The van der Waals surface area contributed by atoms with Crippen molar-refractivity contribution < 1.29 is 29.3 Å². The summed E-state index contributed by atoms with van der Waals surface area (Å²) < 4.78 is 12.2. The van der Waals surface area contributed by atoms with Crippen molar-refractivity contribution >= 4 is 35.4 Å². The number of aliphatic hydroxyl groups is 2. The highest BCUT2D eigenvalue weighted by Crippen LogP contribution is 2.44. The maximum absolute atomic E-state index is 13.2. The summed E-state index contributed by atoms with van der Waals surface area (Å²) in [5.41, 5.74) is 5.11. The fraction of sp³-hybridized carbons (Fsp3) is 0.370. The topological polar surface area (TPSA) is 151 Å². The zero-order valence-corrected chi connectivity index (χ0v) is 41.4. The van der Waals surface area contributed by atoms with Crippen molar-refractivity contribution in [3.8, 4) is 22.4 Å². The lowest BCUT2D eigenvalue weighted by Crippen LogP contribution is -2.51. The molecule has 2 fully saturated rings. The van der Waals surface area contributed by atoms with Crippen molar-refractivity contribution in [1.82, 2.24) is 30.2 Å². The van der Waals surface area contributed by atoms with E-state index in [1.54, 1.807) is 49.6 Å². The minimum Gasteiger partial charge on any atom is -0.438 e. The second-order valence-electron chi connectivity index (χ2n) is 19.2. The van der Waals surface area contributed by atoms with E-state index >= 15 is 0 Å². The lowest BCUT2D eigenvalue weighted by Gasteiger charge is -2.45. The maximum atomic E-state index is 13.2. The number of halogens is 2. The van der Waals surface area contributed by atoms with Crippen molar-refractivity contribution in [2.75, 3.05) is 13.1 Å². The number of hydrogen-bond donors (Lipinski definition) is 2. The van der Waals surface area contributed by atoms with Gasteiger partial charge in [-0.15, -0.1) is 5.10 Å². The molecule has 2 aliphatic heterocycles. The number of hydrogen-bond acceptors (Lipinski definition) is 10. The number of cyclic esters (lactones) is 2. The minimum atomic E-state index is -0.985. The SMILES string of the molecule is Cc1nnc(-c2ccc([C@H](C)N3CC[C@](CC(C)(C)O)(c4ccccc4)OC3=O)cc2)cc1Cl.Cc1nnc(Cl)cc1-c1ccc([C@H](C)N2CC[C@](CC(C)(C)O)(c3ccccc3)OC2=O)cc1. The number of benzene rings is 4. The van der Waals surface area contributed by atoms with E-state index in [-0.39, 0.29) is 24.3 Å². The van der Waals surface area contributed by atoms with Crippen LogP contribution in [0.3, 0.4) is 0 Å². The third-order valence-electron chi connectivity index (χ3n) is 12.8. The molecule has 4 atom stereocenters. The molecule has 0 spiro atoms. The van der Waals surface area contributed by atoms with E-state index in [1.165, 1.54) is 0 Å². The van der Waals surface area contributed by atoms with Gasteiger partial charge in [0.25, 0.3) is 0 Å². The molecule has 14 heteroatoms. The van der Waals surface area contributed by atoms with Gasteiger partial charge in [-0.25, -0.2) is 9.59 Å². The molecule has 2 aromatic heterocycles. The molecule has 356 valence electrons. The second kappa shape index (κ2) is 20.4. The van der Waals surface area contributed by atoms with Crippen LogP contribution in [-0.2, 0) is 20.7 Å². The Morgan fingerprint density at radius 3 is 1.44 bits per heavy atom. The average Bonchev–Trinajstić information content (AvgIpc) is 3.30. The molecule has 4 aromatic carbocycles.